The predicted molar refractivity (Wildman–Crippen MR) is 78.2 cm³/mol. The zero-order valence-electron chi connectivity index (χ0n) is 8.77. The van der Waals surface area contributed by atoms with Gasteiger partial charge in [-0.25, -0.2) is 0 Å². The number of fused-ring (bicyclic) bond motifs is 1. The van der Waals surface area contributed by atoms with Crippen LogP contribution in [-0.2, 0) is 0 Å². The van der Waals surface area contributed by atoms with Crippen molar-refractivity contribution in [2.45, 2.75) is 6.42 Å². The first-order valence-electron chi connectivity index (χ1n) is 5.03. The third-order valence-corrected chi connectivity index (χ3v) is 3.96. The SMILES string of the molecule is OCCCOc1cc(Cl)c(Cl)c2[nH]cc(I)c12. The number of aromatic nitrogens is 1. The number of halogens is 3. The molecule has 1 aromatic carbocycles. The van der Waals surface area contributed by atoms with E-state index in [1.807, 2.05) is 6.20 Å². The maximum absolute atomic E-state index is 8.74. The van der Waals surface area contributed by atoms with E-state index in [1.165, 1.54) is 0 Å². The fourth-order valence-corrected chi connectivity index (χ4v) is 2.63. The Balaban J connectivity index is 2.46. The first kappa shape index (κ1) is 13.3. The summed E-state index contributed by atoms with van der Waals surface area (Å²) in [5, 5.41) is 10.6. The smallest absolute Gasteiger partial charge is 0.131 e. The van der Waals surface area contributed by atoms with Crippen molar-refractivity contribution in [2.75, 3.05) is 13.2 Å². The number of aromatic amines is 1. The van der Waals surface area contributed by atoms with Gasteiger partial charge in [0.05, 0.1) is 27.6 Å². The van der Waals surface area contributed by atoms with Crippen LogP contribution < -0.4 is 4.74 Å². The summed E-state index contributed by atoms with van der Waals surface area (Å²) < 4.78 is 6.63. The minimum absolute atomic E-state index is 0.106. The Hall–Kier alpha value is -0.170. The lowest BCUT2D eigenvalue weighted by Crippen LogP contribution is -2.00. The van der Waals surface area contributed by atoms with E-state index in [0.717, 1.165) is 14.5 Å². The lowest BCUT2D eigenvalue weighted by Gasteiger charge is -2.09. The van der Waals surface area contributed by atoms with Gasteiger partial charge in [0.2, 0.25) is 0 Å². The van der Waals surface area contributed by atoms with Gasteiger partial charge in [0, 0.05) is 28.9 Å². The van der Waals surface area contributed by atoms with Gasteiger partial charge in [0.1, 0.15) is 5.75 Å². The van der Waals surface area contributed by atoms with E-state index in [-0.39, 0.29) is 6.61 Å². The molecule has 0 radical (unpaired) electrons. The Kier molecular flexibility index (Phi) is 4.41. The molecule has 0 aliphatic rings. The Morgan fingerprint density at radius 1 is 1.41 bits per heavy atom. The molecule has 1 aromatic heterocycles. The third kappa shape index (κ3) is 2.65. The molecule has 0 atom stereocenters. The van der Waals surface area contributed by atoms with Gasteiger partial charge in [0.25, 0.3) is 0 Å². The van der Waals surface area contributed by atoms with Crippen LogP contribution in [0.15, 0.2) is 12.3 Å². The zero-order chi connectivity index (χ0) is 12.4. The summed E-state index contributed by atoms with van der Waals surface area (Å²) in [6.07, 6.45) is 2.44. The molecule has 3 nitrogen and oxygen atoms in total. The van der Waals surface area contributed by atoms with Gasteiger partial charge in [-0.05, 0) is 22.6 Å². The normalized spacial score (nSPS) is 11.1. The van der Waals surface area contributed by atoms with E-state index in [4.69, 9.17) is 33.0 Å². The molecule has 2 rings (SSSR count). The number of nitrogens with one attached hydrogen (secondary N) is 1. The first-order valence-corrected chi connectivity index (χ1v) is 6.87. The Morgan fingerprint density at radius 3 is 2.88 bits per heavy atom. The summed E-state index contributed by atoms with van der Waals surface area (Å²) in [5.41, 5.74) is 0.780. The third-order valence-electron chi connectivity index (χ3n) is 2.33. The number of ether oxygens (including phenoxy) is 1. The van der Waals surface area contributed by atoms with Crippen LogP contribution in [0.4, 0.5) is 0 Å². The number of hydrogen-bond donors (Lipinski definition) is 2. The molecule has 17 heavy (non-hydrogen) atoms. The summed E-state index contributed by atoms with van der Waals surface area (Å²) in [7, 11) is 0. The first-order chi connectivity index (χ1) is 8.15. The van der Waals surface area contributed by atoms with Crippen LogP contribution in [0.1, 0.15) is 6.42 Å². The predicted octanol–water partition coefficient (Wildman–Crippen LogP) is 3.84. The van der Waals surface area contributed by atoms with Gasteiger partial charge >= 0.3 is 0 Å². The number of rotatable bonds is 4. The lowest BCUT2D eigenvalue weighted by atomic mass is 10.2. The standard InChI is InChI=1S/C11H10Cl2INO2/c12-6-4-8(17-3-1-2-16)9-7(14)5-15-11(9)10(6)13/h4-5,15-16H,1-3H2. The molecule has 0 bridgehead atoms. The number of hydrogen-bond acceptors (Lipinski definition) is 2. The van der Waals surface area contributed by atoms with Crippen molar-refractivity contribution in [2.24, 2.45) is 0 Å². The summed E-state index contributed by atoms with van der Waals surface area (Å²) in [6, 6.07) is 1.71. The molecule has 0 aliphatic heterocycles. The van der Waals surface area contributed by atoms with Gasteiger partial charge in [0.15, 0.2) is 0 Å². The maximum Gasteiger partial charge on any atom is 0.131 e. The second-order valence-electron chi connectivity index (χ2n) is 3.48. The van der Waals surface area contributed by atoms with Crippen molar-refractivity contribution in [3.05, 3.63) is 25.9 Å². The number of aliphatic hydroxyl groups is 1. The molecule has 6 heteroatoms. The van der Waals surface area contributed by atoms with Gasteiger partial charge < -0.3 is 14.8 Å². The number of benzene rings is 1. The fourth-order valence-electron chi connectivity index (χ4n) is 1.54. The van der Waals surface area contributed by atoms with E-state index in [1.54, 1.807) is 6.07 Å². The molecule has 0 saturated carbocycles. The number of aliphatic hydroxyl groups excluding tert-OH is 1. The van der Waals surface area contributed by atoms with Crippen LogP contribution in [0.25, 0.3) is 10.9 Å². The van der Waals surface area contributed by atoms with Crippen LogP contribution >= 0.6 is 45.8 Å². The van der Waals surface area contributed by atoms with Gasteiger partial charge in [-0.3, -0.25) is 0 Å². The second kappa shape index (κ2) is 5.65. The minimum Gasteiger partial charge on any atom is -0.493 e. The molecule has 0 aliphatic carbocycles. The van der Waals surface area contributed by atoms with Crippen molar-refractivity contribution in [1.82, 2.24) is 4.98 Å². The molecule has 1 heterocycles. The highest BCUT2D eigenvalue weighted by molar-refractivity contribution is 14.1. The highest BCUT2D eigenvalue weighted by Gasteiger charge is 2.14. The Morgan fingerprint density at radius 2 is 2.18 bits per heavy atom. The van der Waals surface area contributed by atoms with Crippen LogP contribution in [0, 0.1) is 3.57 Å². The topological polar surface area (TPSA) is 45.2 Å². The molecule has 0 fully saturated rings. The van der Waals surface area contributed by atoms with Gasteiger partial charge in [-0.2, -0.15) is 0 Å². The largest absolute Gasteiger partial charge is 0.493 e. The molecule has 2 aromatic rings. The molecule has 0 spiro atoms. The van der Waals surface area contributed by atoms with Crippen molar-refractivity contribution in [3.8, 4) is 5.75 Å². The van der Waals surface area contributed by atoms with E-state index < -0.39 is 0 Å². The highest BCUT2D eigenvalue weighted by atomic mass is 127. The van der Waals surface area contributed by atoms with E-state index in [0.29, 0.717) is 28.8 Å². The van der Waals surface area contributed by atoms with Crippen LogP contribution in [0.3, 0.4) is 0 Å². The quantitative estimate of drug-likeness (QED) is 0.620. The molecule has 0 saturated heterocycles. The average molecular weight is 386 g/mol. The zero-order valence-corrected chi connectivity index (χ0v) is 12.4. The monoisotopic (exact) mass is 385 g/mol. The number of H-pyrrole nitrogens is 1. The summed E-state index contributed by atoms with van der Waals surface area (Å²) >= 11 is 14.3. The summed E-state index contributed by atoms with van der Waals surface area (Å²) in [4.78, 5) is 3.07. The second-order valence-corrected chi connectivity index (χ2v) is 5.43. The van der Waals surface area contributed by atoms with Crippen LogP contribution in [0.5, 0.6) is 5.75 Å². The van der Waals surface area contributed by atoms with Crippen molar-refractivity contribution >= 4 is 56.7 Å². The highest BCUT2D eigenvalue weighted by Crippen LogP contribution is 2.39. The van der Waals surface area contributed by atoms with Gasteiger partial charge in [-0.1, -0.05) is 23.2 Å². The van der Waals surface area contributed by atoms with Gasteiger partial charge in [-0.15, -0.1) is 0 Å². The Bertz CT molecular complexity index is 542. The average Bonchev–Trinajstić information content (AvgIpc) is 2.68. The summed E-state index contributed by atoms with van der Waals surface area (Å²) in [6.45, 7) is 0.555. The molecule has 0 amide bonds. The van der Waals surface area contributed by atoms with Crippen molar-refractivity contribution in [1.29, 1.82) is 0 Å². The minimum atomic E-state index is 0.106. The summed E-state index contributed by atoms with van der Waals surface area (Å²) in [5.74, 6) is 0.688. The van der Waals surface area contributed by atoms with E-state index in [9.17, 15) is 0 Å². The molecular weight excluding hydrogens is 376 g/mol. The molecular formula is C11H10Cl2INO2. The van der Waals surface area contributed by atoms with E-state index in [2.05, 4.69) is 27.6 Å². The lowest BCUT2D eigenvalue weighted by molar-refractivity contribution is 0.235. The van der Waals surface area contributed by atoms with E-state index >= 15 is 0 Å². The molecule has 92 valence electrons. The Labute approximate surface area is 122 Å². The maximum atomic E-state index is 8.74. The van der Waals surface area contributed by atoms with Crippen molar-refractivity contribution in [3.63, 3.8) is 0 Å². The van der Waals surface area contributed by atoms with Crippen LogP contribution in [-0.4, -0.2) is 23.3 Å². The molecule has 0 unspecified atom stereocenters. The van der Waals surface area contributed by atoms with Crippen molar-refractivity contribution < 1.29 is 9.84 Å². The van der Waals surface area contributed by atoms with Crippen LogP contribution in [0.2, 0.25) is 10.0 Å². The fraction of sp³-hybridized carbons (Fsp3) is 0.273. The molecule has 2 N–H and O–H groups in total.